The summed E-state index contributed by atoms with van der Waals surface area (Å²) < 4.78 is 29.5. The van der Waals surface area contributed by atoms with Crippen LogP contribution in [0.3, 0.4) is 0 Å². The molecular formula is C3H6ClNaO4S. The van der Waals surface area contributed by atoms with Crippen molar-refractivity contribution in [3.8, 4) is 0 Å². The Morgan fingerprint density at radius 2 is 2.00 bits per heavy atom. The van der Waals surface area contributed by atoms with Gasteiger partial charge in [0.25, 0.3) is 0 Å². The van der Waals surface area contributed by atoms with E-state index < -0.39 is 22.0 Å². The molecule has 0 aromatic carbocycles. The normalized spacial score (nSPS) is 13.9. The summed E-state index contributed by atoms with van der Waals surface area (Å²) >= 11 is 5.00. The molecule has 0 radical (unpaired) electrons. The van der Waals surface area contributed by atoms with Crippen molar-refractivity contribution >= 4 is 21.7 Å². The molecule has 0 spiro atoms. The molecule has 0 aromatic heterocycles. The first kappa shape index (κ1) is 13.7. The largest absolute Gasteiger partial charge is 1.00 e. The van der Waals surface area contributed by atoms with E-state index in [1.54, 1.807) is 0 Å². The first-order valence-electron chi connectivity index (χ1n) is 2.13. The summed E-state index contributed by atoms with van der Waals surface area (Å²) in [5.41, 5.74) is 0. The molecule has 0 aliphatic rings. The number of alkyl halides is 1. The smallest absolute Gasteiger partial charge is 0.748 e. The van der Waals surface area contributed by atoms with Crippen LogP contribution in [0, 0.1) is 0 Å². The SMILES string of the molecule is O=S(=O)([O-])CC(O)CCl.[Na+]. The van der Waals surface area contributed by atoms with Gasteiger partial charge in [-0.3, -0.25) is 0 Å². The maximum absolute atomic E-state index is 9.83. The molecule has 1 atom stereocenters. The third kappa shape index (κ3) is 9.16. The van der Waals surface area contributed by atoms with E-state index in [0.717, 1.165) is 0 Å². The van der Waals surface area contributed by atoms with Crippen molar-refractivity contribution < 1.29 is 47.6 Å². The van der Waals surface area contributed by atoms with Gasteiger partial charge in [0.1, 0.15) is 0 Å². The molecule has 0 rings (SSSR count). The summed E-state index contributed by atoms with van der Waals surface area (Å²) in [5, 5.41) is 8.48. The number of rotatable bonds is 3. The molecule has 10 heavy (non-hydrogen) atoms. The minimum absolute atomic E-state index is 0. The van der Waals surface area contributed by atoms with Gasteiger partial charge in [-0.2, -0.15) is 0 Å². The molecular weight excluding hydrogens is 191 g/mol. The second-order valence-corrected chi connectivity index (χ2v) is 3.29. The van der Waals surface area contributed by atoms with Crippen LogP contribution in [0.4, 0.5) is 0 Å². The summed E-state index contributed by atoms with van der Waals surface area (Å²) in [6.45, 7) is 0. The van der Waals surface area contributed by atoms with E-state index in [1.165, 1.54) is 0 Å². The molecule has 0 saturated carbocycles. The van der Waals surface area contributed by atoms with Gasteiger partial charge in [-0.15, -0.1) is 11.6 Å². The van der Waals surface area contributed by atoms with Crippen LogP contribution < -0.4 is 29.6 Å². The molecule has 0 bridgehead atoms. The van der Waals surface area contributed by atoms with Crippen molar-refractivity contribution in [2.75, 3.05) is 11.6 Å². The zero-order chi connectivity index (χ0) is 7.49. The van der Waals surface area contributed by atoms with Crippen LogP contribution in [0.25, 0.3) is 0 Å². The van der Waals surface area contributed by atoms with Crippen LogP contribution in [0.2, 0.25) is 0 Å². The summed E-state index contributed by atoms with van der Waals surface area (Å²) in [5.74, 6) is -1.04. The number of hydrogen-bond acceptors (Lipinski definition) is 4. The average molecular weight is 197 g/mol. The summed E-state index contributed by atoms with van der Waals surface area (Å²) in [6, 6.07) is 0. The summed E-state index contributed by atoms with van der Waals surface area (Å²) in [7, 11) is -4.32. The van der Waals surface area contributed by atoms with Crippen molar-refractivity contribution in [2.45, 2.75) is 6.10 Å². The molecule has 0 fully saturated rings. The van der Waals surface area contributed by atoms with E-state index in [0.29, 0.717) is 0 Å². The fourth-order valence-corrected chi connectivity index (χ4v) is 1.11. The molecule has 7 heteroatoms. The Hall–Kier alpha value is 1.16. The monoisotopic (exact) mass is 196 g/mol. The zero-order valence-corrected chi connectivity index (χ0v) is 9.02. The Morgan fingerprint density at radius 3 is 2.10 bits per heavy atom. The molecule has 0 amide bonds. The first-order chi connectivity index (χ1) is 3.95. The molecule has 1 unspecified atom stereocenters. The Kier molecular flexibility index (Phi) is 7.92. The fraction of sp³-hybridized carbons (Fsp3) is 1.00. The van der Waals surface area contributed by atoms with Gasteiger partial charge in [0.15, 0.2) is 0 Å². The van der Waals surface area contributed by atoms with E-state index >= 15 is 0 Å². The van der Waals surface area contributed by atoms with E-state index in [2.05, 4.69) is 0 Å². The topological polar surface area (TPSA) is 77.4 Å². The quantitative estimate of drug-likeness (QED) is 0.285. The first-order valence-corrected chi connectivity index (χ1v) is 4.24. The maximum Gasteiger partial charge on any atom is 1.00 e. The summed E-state index contributed by atoms with van der Waals surface area (Å²) in [4.78, 5) is 0. The average Bonchev–Trinajstić information content (AvgIpc) is 1.62. The third-order valence-electron chi connectivity index (χ3n) is 0.575. The van der Waals surface area contributed by atoms with Gasteiger partial charge in [-0.1, -0.05) is 0 Å². The molecule has 4 nitrogen and oxygen atoms in total. The van der Waals surface area contributed by atoms with Crippen molar-refractivity contribution in [1.29, 1.82) is 0 Å². The second-order valence-electron chi connectivity index (χ2n) is 1.53. The predicted molar refractivity (Wildman–Crippen MR) is 31.3 cm³/mol. The van der Waals surface area contributed by atoms with E-state index in [4.69, 9.17) is 16.7 Å². The minimum atomic E-state index is -4.32. The molecule has 56 valence electrons. The number of hydrogen-bond donors (Lipinski definition) is 1. The van der Waals surface area contributed by atoms with E-state index in [-0.39, 0.29) is 35.4 Å². The predicted octanol–water partition coefficient (Wildman–Crippen LogP) is -3.86. The zero-order valence-electron chi connectivity index (χ0n) is 5.45. The van der Waals surface area contributed by atoms with Gasteiger partial charge in [0.2, 0.25) is 0 Å². The number of aliphatic hydroxyl groups excluding tert-OH is 1. The third-order valence-corrected chi connectivity index (χ3v) is 1.72. The van der Waals surface area contributed by atoms with Crippen LogP contribution in [0.15, 0.2) is 0 Å². The van der Waals surface area contributed by atoms with Crippen molar-refractivity contribution in [3.63, 3.8) is 0 Å². The van der Waals surface area contributed by atoms with Crippen molar-refractivity contribution in [3.05, 3.63) is 0 Å². The molecule has 0 aliphatic heterocycles. The van der Waals surface area contributed by atoms with E-state index in [9.17, 15) is 13.0 Å². The number of aliphatic hydroxyl groups is 1. The van der Waals surface area contributed by atoms with Crippen LogP contribution in [-0.4, -0.2) is 35.8 Å². The van der Waals surface area contributed by atoms with Crippen molar-refractivity contribution in [1.82, 2.24) is 0 Å². The van der Waals surface area contributed by atoms with Gasteiger partial charge < -0.3 is 9.66 Å². The van der Waals surface area contributed by atoms with Gasteiger partial charge in [-0.05, 0) is 0 Å². The molecule has 0 heterocycles. The van der Waals surface area contributed by atoms with Gasteiger partial charge in [0.05, 0.1) is 22.0 Å². The molecule has 0 saturated heterocycles. The molecule has 0 aliphatic carbocycles. The Morgan fingerprint density at radius 1 is 1.60 bits per heavy atom. The van der Waals surface area contributed by atoms with Gasteiger partial charge in [0, 0.05) is 5.88 Å². The Labute approximate surface area is 86.6 Å². The standard InChI is InChI=1S/C3H7ClO4S.Na/c4-1-3(5)2-9(6,7)8;/h3,5H,1-2H2,(H,6,7,8);/q;+1/p-1. The Balaban J connectivity index is 0. The van der Waals surface area contributed by atoms with Crippen molar-refractivity contribution in [2.24, 2.45) is 0 Å². The fourth-order valence-electron chi connectivity index (χ4n) is 0.280. The van der Waals surface area contributed by atoms with Crippen LogP contribution in [0.1, 0.15) is 0 Å². The summed E-state index contributed by atoms with van der Waals surface area (Å²) in [6.07, 6.45) is -1.24. The van der Waals surface area contributed by atoms with E-state index in [1.807, 2.05) is 0 Å². The van der Waals surface area contributed by atoms with Gasteiger partial charge in [-0.25, -0.2) is 8.42 Å². The maximum atomic E-state index is 9.83. The molecule has 0 aromatic rings. The van der Waals surface area contributed by atoms with Gasteiger partial charge >= 0.3 is 29.6 Å². The van der Waals surface area contributed by atoms with Crippen LogP contribution in [-0.2, 0) is 10.1 Å². The van der Waals surface area contributed by atoms with Crippen LogP contribution >= 0.6 is 11.6 Å². The van der Waals surface area contributed by atoms with Crippen LogP contribution in [0.5, 0.6) is 0 Å². The number of halogens is 1. The molecule has 1 N–H and O–H groups in total. The second kappa shape index (κ2) is 5.77. The Bertz CT molecular complexity index is 167. The minimum Gasteiger partial charge on any atom is -0.748 e.